The molecule has 0 bridgehead atoms. The zero-order chi connectivity index (χ0) is 17.4. The number of hydrogen-bond acceptors (Lipinski definition) is 3. The molecule has 1 radical (unpaired) electrons. The molecular formula is C19H19N4O2. The molecule has 1 aliphatic heterocycles. The number of pyridine rings is 1. The summed E-state index contributed by atoms with van der Waals surface area (Å²) in [5.74, 6) is 0. The average Bonchev–Trinajstić information content (AvgIpc) is 3.23. The molecule has 127 valence electrons. The first-order valence-corrected chi connectivity index (χ1v) is 8.39. The van der Waals surface area contributed by atoms with Crippen LogP contribution in [0.15, 0.2) is 41.3 Å². The summed E-state index contributed by atoms with van der Waals surface area (Å²) in [6.45, 7) is 3.26. The predicted molar refractivity (Wildman–Crippen MR) is 96.3 cm³/mol. The second-order valence-electron chi connectivity index (χ2n) is 6.46. The van der Waals surface area contributed by atoms with Crippen molar-refractivity contribution in [3.63, 3.8) is 0 Å². The smallest absolute Gasteiger partial charge is 0.325 e. The number of nitrogens with zero attached hydrogens (tertiary/aromatic N) is 2. The number of benzene rings is 1. The van der Waals surface area contributed by atoms with E-state index in [1.807, 2.05) is 12.1 Å². The Kier molecular flexibility index (Phi) is 3.89. The van der Waals surface area contributed by atoms with Crippen molar-refractivity contribution in [3.05, 3.63) is 58.5 Å². The third-order valence-electron chi connectivity index (χ3n) is 4.70. The number of nitrogens with two attached hydrogens (primary N) is 1. The van der Waals surface area contributed by atoms with Crippen molar-refractivity contribution in [1.82, 2.24) is 14.5 Å². The average molecular weight is 335 g/mol. The van der Waals surface area contributed by atoms with Crippen LogP contribution in [0.1, 0.15) is 18.4 Å². The van der Waals surface area contributed by atoms with E-state index in [4.69, 9.17) is 5.73 Å². The van der Waals surface area contributed by atoms with Crippen molar-refractivity contribution in [1.29, 1.82) is 0 Å². The van der Waals surface area contributed by atoms with Crippen LogP contribution in [0, 0.1) is 6.07 Å². The zero-order valence-electron chi connectivity index (χ0n) is 13.8. The highest BCUT2D eigenvalue weighted by Crippen LogP contribution is 2.24. The van der Waals surface area contributed by atoms with Crippen molar-refractivity contribution >= 4 is 16.9 Å². The molecule has 6 nitrogen and oxygen atoms in total. The van der Waals surface area contributed by atoms with E-state index in [2.05, 4.69) is 28.1 Å². The molecule has 0 saturated carbocycles. The summed E-state index contributed by atoms with van der Waals surface area (Å²) in [6.07, 6.45) is 3.80. The normalized spacial score (nSPS) is 15.0. The first-order chi connectivity index (χ1) is 12.1. The van der Waals surface area contributed by atoms with Crippen LogP contribution in [0.4, 0.5) is 4.79 Å². The Balaban J connectivity index is 1.71. The lowest BCUT2D eigenvalue weighted by Crippen LogP contribution is -2.31. The molecule has 3 aromatic rings. The number of aromatic nitrogens is 2. The van der Waals surface area contributed by atoms with Crippen molar-refractivity contribution in [2.45, 2.75) is 19.4 Å². The molecule has 0 aliphatic carbocycles. The molecule has 1 aliphatic rings. The van der Waals surface area contributed by atoms with E-state index in [1.165, 1.54) is 24.6 Å². The molecule has 1 fully saturated rings. The molecule has 25 heavy (non-hydrogen) atoms. The molecule has 0 atom stereocenters. The molecular weight excluding hydrogens is 316 g/mol. The molecule has 6 heteroatoms. The highest BCUT2D eigenvalue weighted by atomic mass is 16.2. The summed E-state index contributed by atoms with van der Waals surface area (Å²) in [4.78, 5) is 29.4. The molecule has 4 rings (SSSR count). The van der Waals surface area contributed by atoms with E-state index >= 15 is 0 Å². The van der Waals surface area contributed by atoms with Crippen molar-refractivity contribution < 1.29 is 4.79 Å². The van der Waals surface area contributed by atoms with Gasteiger partial charge in [-0.25, -0.2) is 9.36 Å². The van der Waals surface area contributed by atoms with Gasteiger partial charge in [0.1, 0.15) is 0 Å². The summed E-state index contributed by atoms with van der Waals surface area (Å²) >= 11 is 0. The van der Waals surface area contributed by atoms with E-state index in [0.29, 0.717) is 11.3 Å². The van der Waals surface area contributed by atoms with Crippen LogP contribution in [0.2, 0.25) is 0 Å². The van der Waals surface area contributed by atoms with Gasteiger partial charge in [-0.1, -0.05) is 6.07 Å². The summed E-state index contributed by atoms with van der Waals surface area (Å²) in [5, 5.41) is 1.04. The number of likely N-dealkylation sites (tertiary alicyclic amines) is 1. The summed E-state index contributed by atoms with van der Waals surface area (Å²) in [5.41, 5.74) is 8.02. The first kappa shape index (κ1) is 15.7. The summed E-state index contributed by atoms with van der Waals surface area (Å²) < 4.78 is 0.861. The highest BCUT2D eigenvalue weighted by molar-refractivity contribution is 5.86. The van der Waals surface area contributed by atoms with Crippen LogP contribution < -0.4 is 11.3 Å². The summed E-state index contributed by atoms with van der Waals surface area (Å²) in [6, 6.07) is 11.8. The maximum Gasteiger partial charge on any atom is 0.325 e. The van der Waals surface area contributed by atoms with E-state index in [0.717, 1.165) is 35.1 Å². The van der Waals surface area contributed by atoms with Crippen LogP contribution in [-0.2, 0) is 6.54 Å². The number of rotatable bonds is 3. The number of amides is 1. The van der Waals surface area contributed by atoms with E-state index in [-0.39, 0.29) is 0 Å². The second-order valence-corrected chi connectivity index (χ2v) is 6.46. The lowest BCUT2D eigenvalue weighted by molar-refractivity contribution is 0.249. The van der Waals surface area contributed by atoms with Gasteiger partial charge >= 0.3 is 6.03 Å². The van der Waals surface area contributed by atoms with E-state index in [1.54, 1.807) is 6.07 Å². The number of carbonyl (C=O) groups excluding carboxylic acids is 1. The monoisotopic (exact) mass is 335 g/mol. The topological polar surface area (TPSA) is 84.1 Å². The SMILES string of the molecule is NC(=O)n1c[c]cc(-c2cc3cc(CN4CCCC4)ccc3[nH]2)c1=O. The Morgan fingerprint density at radius 1 is 1.24 bits per heavy atom. The van der Waals surface area contributed by atoms with Gasteiger partial charge in [0, 0.05) is 29.7 Å². The number of aromatic amines is 1. The van der Waals surface area contributed by atoms with Crippen molar-refractivity contribution in [3.8, 4) is 11.3 Å². The Morgan fingerprint density at radius 3 is 2.80 bits per heavy atom. The van der Waals surface area contributed by atoms with Gasteiger partial charge in [-0.05, 0) is 55.8 Å². The molecule has 0 spiro atoms. The fourth-order valence-electron chi connectivity index (χ4n) is 3.43. The Hall–Kier alpha value is -2.86. The number of hydrogen-bond donors (Lipinski definition) is 2. The van der Waals surface area contributed by atoms with Gasteiger partial charge in [-0.2, -0.15) is 0 Å². The van der Waals surface area contributed by atoms with Crippen LogP contribution >= 0.6 is 0 Å². The standard InChI is InChI=1S/C19H19N4O2/c20-19(25)23-9-3-4-15(18(23)24)17-11-14-10-13(5-6-16(14)21-17)12-22-7-1-2-8-22/h4-6,9-11,21H,1-2,7-8,12H2,(H2,20,25). The number of primary amides is 1. The third kappa shape index (κ3) is 2.96. The Labute approximate surface area is 144 Å². The maximum absolute atomic E-state index is 12.4. The molecule has 1 saturated heterocycles. The van der Waals surface area contributed by atoms with E-state index < -0.39 is 11.6 Å². The molecule has 1 amide bonds. The number of carbonyl (C=O) groups is 1. The molecule has 2 aromatic heterocycles. The fourth-order valence-corrected chi connectivity index (χ4v) is 3.43. The molecule has 3 N–H and O–H groups in total. The number of nitrogens with one attached hydrogen (secondary N) is 1. The minimum Gasteiger partial charge on any atom is -0.354 e. The zero-order valence-corrected chi connectivity index (χ0v) is 13.8. The number of fused-ring (bicyclic) bond motifs is 1. The van der Waals surface area contributed by atoms with Crippen LogP contribution in [0.3, 0.4) is 0 Å². The van der Waals surface area contributed by atoms with Crippen molar-refractivity contribution in [2.24, 2.45) is 5.73 Å². The van der Waals surface area contributed by atoms with Crippen molar-refractivity contribution in [2.75, 3.05) is 13.1 Å². The predicted octanol–water partition coefficient (Wildman–Crippen LogP) is 2.32. The first-order valence-electron chi connectivity index (χ1n) is 8.39. The highest BCUT2D eigenvalue weighted by Gasteiger charge is 2.14. The van der Waals surface area contributed by atoms with Gasteiger partial charge in [0.25, 0.3) is 5.56 Å². The van der Waals surface area contributed by atoms with Crippen LogP contribution in [-0.4, -0.2) is 33.6 Å². The lowest BCUT2D eigenvalue weighted by atomic mass is 10.1. The van der Waals surface area contributed by atoms with E-state index in [9.17, 15) is 9.59 Å². The molecule has 3 heterocycles. The van der Waals surface area contributed by atoms with Gasteiger partial charge in [0.05, 0.1) is 11.3 Å². The van der Waals surface area contributed by atoms with Gasteiger partial charge in [0.2, 0.25) is 0 Å². The van der Waals surface area contributed by atoms with Gasteiger partial charge in [-0.3, -0.25) is 9.69 Å². The Morgan fingerprint density at radius 2 is 2.04 bits per heavy atom. The fraction of sp³-hybridized carbons (Fsp3) is 0.263. The largest absolute Gasteiger partial charge is 0.354 e. The minimum absolute atomic E-state index is 0.374. The third-order valence-corrected chi connectivity index (χ3v) is 4.70. The quantitative estimate of drug-likeness (QED) is 0.770. The van der Waals surface area contributed by atoms with Gasteiger partial charge < -0.3 is 10.7 Å². The maximum atomic E-state index is 12.4. The minimum atomic E-state index is -0.813. The second kappa shape index (κ2) is 6.22. The Bertz CT molecular complexity index is 996. The lowest BCUT2D eigenvalue weighted by Gasteiger charge is -2.14. The van der Waals surface area contributed by atoms with Crippen LogP contribution in [0.5, 0.6) is 0 Å². The van der Waals surface area contributed by atoms with Gasteiger partial charge in [-0.15, -0.1) is 0 Å². The number of H-pyrrole nitrogens is 1. The molecule has 1 aromatic carbocycles. The summed E-state index contributed by atoms with van der Waals surface area (Å²) in [7, 11) is 0. The molecule has 0 unspecified atom stereocenters. The van der Waals surface area contributed by atoms with Crippen LogP contribution in [0.25, 0.3) is 22.2 Å². The van der Waals surface area contributed by atoms with Gasteiger partial charge in [0.15, 0.2) is 0 Å².